The summed E-state index contributed by atoms with van der Waals surface area (Å²) in [5.41, 5.74) is -7.12. The van der Waals surface area contributed by atoms with Crippen molar-refractivity contribution in [3.8, 4) is 0 Å². The van der Waals surface area contributed by atoms with Crippen molar-refractivity contribution in [3.63, 3.8) is 0 Å². The highest BCUT2D eigenvalue weighted by Gasteiger charge is 2.55. The predicted molar refractivity (Wildman–Crippen MR) is 131 cm³/mol. The molecule has 3 aromatic carbocycles. The average Bonchev–Trinajstić information content (AvgIpc) is 2.83. The molecule has 3 N–H and O–H groups in total. The second-order valence-electron chi connectivity index (χ2n) is 8.80. The minimum atomic E-state index is -5.49. The fourth-order valence-electron chi connectivity index (χ4n) is 4.03. The molecule has 220 valence electrons. The zero-order valence-electron chi connectivity index (χ0n) is 20.4. The average molecular weight is 613 g/mol. The van der Waals surface area contributed by atoms with Crippen LogP contribution in [-0.2, 0) is 16.6 Å². The smallest absolute Gasteiger partial charge is 0.376 e. The van der Waals surface area contributed by atoms with Crippen molar-refractivity contribution in [2.75, 3.05) is 6.54 Å². The summed E-state index contributed by atoms with van der Waals surface area (Å²) in [7, 11) is 0. The minimum absolute atomic E-state index is 0.0206. The Morgan fingerprint density at radius 3 is 1.90 bits per heavy atom. The fraction of sp³-hybridized carbons (Fsp3) is 0.231. The lowest BCUT2D eigenvalue weighted by molar-refractivity contribution is -0.264. The van der Waals surface area contributed by atoms with Gasteiger partial charge in [-0.1, -0.05) is 48.5 Å². The third-order valence-electron chi connectivity index (χ3n) is 5.88. The van der Waals surface area contributed by atoms with Gasteiger partial charge in [0.05, 0.1) is 12.1 Å². The molecule has 1 atom stereocenters. The minimum Gasteiger partial charge on any atom is -0.376 e. The van der Waals surface area contributed by atoms with E-state index in [2.05, 4.69) is 6.58 Å². The number of benzene rings is 3. The fourth-order valence-corrected chi connectivity index (χ4v) is 4.26. The van der Waals surface area contributed by atoms with Gasteiger partial charge in [-0.25, -0.2) is 0 Å². The summed E-state index contributed by atoms with van der Waals surface area (Å²) in [4.78, 5) is 24.0. The lowest BCUT2D eigenvalue weighted by Crippen LogP contribution is -2.43. The van der Waals surface area contributed by atoms with Crippen LogP contribution in [0, 0.1) is 0 Å². The molecule has 0 aromatic heterocycles. The number of nitrogens with one attached hydrogen (secondary N) is 2. The van der Waals surface area contributed by atoms with Crippen molar-refractivity contribution < 1.29 is 54.2 Å². The van der Waals surface area contributed by atoms with Crippen LogP contribution in [0.2, 0.25) is 5.02 Å². The van der Waals surface area contributed by atoms with Gasteiger partial charge in [-0.2, -0.15) is 39.5 Å². The molecule has 0 aliphatic rings. The van der Waals surface area contributed by atoms with Crippen LogP contribution in [0.4, 0.5) is 39.5 Å². The van der Waals surface area contributed by atoms with E-state index in [1.165, 1.54) is 24.3 Å². The van der Waals surface area contributed by atoms with E-state index in [-0.39, 0.29) is 33.5 Å². The molecule has 0 saturated heterocycles. The van der Waals surface area contributed by atoms with Gasteiger partial charge >= 0.3 is 18.7 Å². The standard InChI is InChI=1S/C26H18ClF9N2O3/c1-13(11-23(41,25(31,32)33)14-8-15(24(28,29)30)10-16(27)9-14)17-6-7-20(19-5-3-2-4-18(17)19)22(40)37-12-21(39)38-26(34,35)36/h2-10,41H,1,11-12H2,(H,37,40)(H,38,39). The molecule has 1 unspecified atom stereocenters. The van der Waals surface area contributed by atoms with Crippen LogP contribution in [-0.4, -0.2) is 35.9 Å². The predicted octanol–water partition coefficient (Wildman–Crippen LogP) is 6.73. The van der Waals surface area contributed by atoms with Gasteiger partial charge in [0.15, 0.2) is 5.60 Å². The summed E-state index contributed by atoms with van der Waals surface area (Å²) < 4.78 is 119. The van der Waals surface area contributed by atoms with E-state index >= 15 is 0 Å². The molecule has 0 bridgehead atoms. The molecule has 41 heavy (non-hydrogen) atoms. The molecule has 0 aliphatic heterocycles. The van der Waals surface area contributed by atoms with Gasteiger partial charge in [0.2, 0.25) is 5.91 Å². The molecule has 3 aromatic rings. The third kappa shape index (κ3) is 7.30. The number of fused-ring (bicyclic) bond motifs is 1. The maximum Gasteiger partial charge on any atom is 0.484 e. The zero-order valence-corrected chi connectivity index (χ0v) is 21.1. The molecule has 0 spiro atoms. The van der Waals surface area contributed by atoms with Gasteiger partial charge in [0.25, 0.3) is 5.91 Å². The van der Waals surface area contributed by atoms with E-state index in [4.69, 9.17) is 11.6 Å². The van der Waals surface area contributed by atoms with Crippen molar-refractivity contribution in [1.29, 1.82) is 0 Å². The Labute approximate surface area is 230 Å². The Bertz CT molecular complexity index is 1500. The third-order valence-corrected chi connectivity index (χ3v) is 6.10. The van der Waals surface area contributed by atoms with Crippen molar-refractivity contribution in [2.24, 2.45) is 0 Å². The van der Waals surface area contributed by atoms with Crippen molar-refractivity contribution in [1.82, 2.24) is 10.6 Å². The molecule has 0 radical (unpaired) electrons. The Morgan fingerprint density at radius 1 is 0.829 bits per heavy atom. The molecular weight excluding hydrogens is 595 g/mol. The van der Waals surface area contributed by atoms with E-state index < -0.39 is 65.2 Å². The van der Waals surface area contributed by atoms with Crippen LogP contribution in [0.1, 0.15) is 33.5 Å². The quantitative estimate of drug-likeness (QED) is 0.205. The Morgan fingerprint density at radius 2 is 1.37 bits per heavy atom. The topological polar surface area (TPSA) is 78.4 Å². The van der Waals surface area contributed by atoms with Crippen molar-refractivity contribution in [3.05, 3.63) is 88.5 Å². The van der Waals surface area contributed by atoms with Crippen LogP contribution in [0.15, 0.2) is 61.2 Å². The van der Waals surface area contributed by atoms with Gasteiger partial charge in [0, 0.05) is 17.0 Å². The van der Waals surface area contributed by atoms with E-state index in [1.807, 2.05) is 5.32 Å². The number of amides is 2. The SMILES string of the molecule is C=C(CC(O)(c1cc(Cl)cc(C(F)(F)F)c1)C(F)(F)F)c1ccc(C(=O)NCC(=O)NC(F)(F)F)c2ccccc12. The zero-order chi connectivity index (χ0) is 31.0. The van der Waals surface area contributed by atoms with Gasteiger partial charge in [-0.05, 0) is 51.7 Å². The van der Waals surface area contributed by atoms with Crippen molar-refractivity contribution in [2.45, 2.75) is 30.7 Å². The van der Waals surface area contributed by atoms with E-state index in [0.29, 0.717) is 17.4 Å². The van der Waals surface area contributed by atoms with Gasteiger partial charge < -0.3 is 10.4 Å². The number of aliphatic hydroxyl groups is 1. The number of hydrogen-bond donors (Lipinski definition) is 3. The summed E-state index contributed by atoms with van der Waals surface area (Å²) in [6, 6.07) is 8.96. The first-order chi connectivity index (χ1) is 18.7. The molecular formula is C26H18ClF9N2O3. The summed E-state index contributed by atoms with van der Waals surface area (Å²) in [6.07, 6.45) is -16.9. The van der Waals surface area contributed by atoms with Gasteiger partial charge in [0.1, 0.15) is 0 Å². The Balaban J connectivity index is 1.99. The largest absolute Gasteiger partial charge is 0.484 e. The van der Waals surface area contributed by atoms with Crippen LogP contribution >= 0.6 is 11.6 Å². The molecule has 0 heterocycles. The van der Waals surface area contributed by atoms with E-state index in [0.717, 1.165) is 12.1 Å². The summed E-state index contributed by atoms with van der Waals surface area (Å²) in [5, 5.41) is 13.0. The first-order valence-corrected chi connectivity index (χ1v) is 11.6. The molecule has 0 aliphatic carbocycles. The number of carbonyl (C=O) groups excluding carboxylic acids is 2. The lowest BCUT2D eigenvalue weighted by Gasteiger charge is -2.32. The van der Waals surface area contributed by atoms with Crippen LogP contribution in [0.25, 0.3) is 16.3 Å². The highest BCUT2D eigenvalue weighted by atomic mass is 35.5. The van der Waals surface area contributed by atoms with Gasteiger partial charge in [-0.15, -0.1) is 0 Å². The van der Waals surface area contributed by atoms with E-state index in [9.17, 15) is 54.2 Å². The molecule has 0 saturated carbocycles. The summed E-state index contributed by atoms with van der Waals surface area (Å²) in [5.74, 6) is -2.54. The summed E-state index contributed by atoms with van der Waals surface area (Å²) >= 11 is 5.65. The van der Waals surface area contributed by atoms with Crippen LogP contribution in [0.5, 0.6) is 0 Å². The number of hydrogen-bond acceptors (Lipinski definition) is 3. The highest BCUT2D eigenvalue weighted by molar-refractivity contribution is 6.30. The maximum absolute atomic E-state index is 14.2. The molecule has 5 nitrogen and oxygen atoms in total. The normalized spacial score (nSPS) is 13.9. The Kier molecular flexibility index (Phi) is 8.70. The number of rotatable bonds is 7. The second kappa shape index (κ2) is 11.2. The van der Waals surface area contributed by atoms with Crippen molar-refractivity contribution >= 4 is 39.8 Å². The second-order valence-corrected chi connectivity index (χ2v) is 9.24. The van der Waals surface area contributed by atoms with E-state index in [1.54, 1.807) is 0 Å². The number of alkyl halides is 9. The number of halogens is 10. The first kappa shape index (κ1) is 31.7. The molecule has 2 amide bonds. The maximum atomic E-state index is 14.2. The van der Waals surface area contributed by atoms with Crippen LogP contribution in [0.3, 0.4) is 0 Å². The monoisotopic (exact) mass is 612 g/mol. The lowest BCUT2D eigenvalue weighted by atomic mass is 9.83. The first-order valence-electron chi connectivity index (χ1n) is 11.3. The Hall–Kier alpha value is -3.78. The summed E-state index contributed by atoms with van der Waals surface area (Å²) in [6.45, 7) is 2.54. The van der Waals surface area contributed by atoms with Gasteiger partial charge in [-0.3, -0.25) is 14.9 Å². The van der Waals surface area contributed by atoms with Crippen LogP contribution < -0.4 is 10.6 Å². The molecule has 15 heteroatoms. The number of carbonyl (C=O) groups is 2. The highest BCUT2D eigenvalue weighted by Crippen LogP contribution is 2.47. The molecule has 3 rings (SSSR count). The molecule has 0 fully saturated rings.